The molecule has 1 N–H and O–H groups in total. The number of hydrogen-bond acceptors (Lipinski definition) is 5. The van der Waals surface area contributed by atoms with Crippen molar-refractivity contribution in [2.75, 3.05) is 7.11 Å². The number of aliphatic hydroxyl groups is 1. The fraction of sp³-hybridized carbons (Fsp3) is 0.214. The average molecular weight is 292 g/mol. The van der Waals surface area contributed by atoms with Crippen molar-refractivity contribution in [3.8, 4) is 21.6 Å². The summed E-state index contributed by atoms with van der Waals surface area (Å²) >= 11 is 2.97. The average Bonchev–Trinajstić information content (AvgIpc) is 3.05. The zero-order chi connectivity index (χ0) is 13.8. The molecule has 2 aromatic heterocycles. The third-order valence-electron chi connectivity index (χ3n) is 2.42. The number of methoxy groups -OCH3 is 1. The van der Waals surface area contributed by atoms with Crippen LogP contribution in [0.2, 0.25) is 0 Å². The van der Waals surface area contributed by atoms with Gasteiger partial charge in [-0.05, 0) is 31.2 Å². The molecule has 0 aromatic carbocycles. The lowest BCUT2D eigenvalue weighted by molar-refractivity contribution is -0.150. The zero-order valence-corrected chi connectivity index (χ0v) is 12.1. The number of esters is 1. The third-order valence-corrected chi connectivity index (χ3v) is 4.75. The molecule has 98 valence electrons. The summed E-state index contributed by atoms with van der Waals surface area (Å²) < 4.78 is 4.52. The van der Waals surface area contributed by atoms with Gasteiger partial charge in [0.15, 0.2) is 6.10 Å². The van der Waals surface area contributed by atoms with Gasteiger partial charge in [0.1, 0.15) is 0 Å². The summed E-state index contributed by atoms with van der Waals surface area (Å²) in [6.07, 6.45) is -1.21. The smallest absolute Gasteiger partial charge is 0.340 e. The molecule has 0 bridgehead atoms. The third kappa shape index (κ3) is 3.04. The Labute approximate surface area is 119 Å². The highest BCUT2D eigenvalue weighted by Crippen LogP contribution is 2.35. The van der Waals surface area contributed by atoms with Crippen molar-refractivity contribution in [2.24, 2.45) is 0 Å². The van der Waals surface area contributed by atoms with Crippen molar-refractivity contribution in [1.82, 2.24) is 0 Å². The van der Waals surface area contributed by atoms with Crippen molar-refractivity contribution in [3.63, 3.8) is 0 Å². The van der Waals surface area contributed by atoms with Crippen molar-refractivity contribution in [1.29, 1.82) is 0 Å². The summed E-state index contributed by atoms with van der Waals surface area (Å²) in [5, 5.41) is 9.76. The van der Waals surface area contributed by atoms with Gasteiger partial charge in [-0.25, -0.2) is 4.79 Å². The molecular formula is C14H12O3S2. The van der Waals surface area contributed by atoms with Gasteiger partial charge in [0, 0.05) is 14.6 Å². The fourth-order valence-corrected chi connectivity index (χ4v) is 3.50. The van der Waals surface area contributed by atoms with E-state index in [1.165, 1.54) is 18.4 Å². The van der Waals surface area contributed by atoms with Crippen LogP contribution in [0.1, 0.15) is 22.8 Å². The maximum Gasteiger partial charge on any atom is 0.340 e. The first kappa shape index (κ1) is 13.8. The van der Waals surface area contributed by atoms with Gasteiger partial charge >= 0.3 is 5.97 Å². The van der Waals surface area contributed by atoms with E-state index in [-0.39, 0.29) is 0 Å². The van der Waals surface area contributed by atoms with E-state index < -0.39 is 12.1 Å². The van der Waals surface area contributed by atoms with Crippen LogP contribution >= 0.6 is 22.7 Å². The predicted octanol–water partition coefficient (Wildman–Crippen LogP) is 3.05. The van der Waals surface area contributed by atoms with Crippen LogP contribution in [0.4, 0.5) is 0 Å². The normalized spacial score (nSPS) is 11.5. The molecule has 0 unspecified atom stereocenters. The SMILES string of the molecule is CC#Cc1ccc(-c2ccc([C@@H](O)C(=O)OC)s2)s1. The highest BCUT2D eigenvalue weighted by Gasteiger charge is 2.20. The van der Waals surface area contributed by atoms with Crippen molar-refractivity contribution >= 4 is 28.6 Å². The maximum absolute atomic E-state index is 11.3. The van der Waals surface area contributed by atoms with Crippen LogP contribution in [0.15, 0.2) is 24.3 Å². The molecule has 2 rings (SSSR count). The molecule has 19 heavy (non-hydrogen) atoms. The molecule has 0 fully saturated rings. The molecule has 0 saturated carbocycles. The first-order chi connectivity index (χ1) is 9.15. The first-order valence-electron chi connectivity index (χ1n) is 5.54. The number of carbonyl (C=O) groups excluding carboxylic acids is 1. The van der Waals surface area contributed by atoms with Gasteiger partial charge in [-0.3, -0.25) is 0 Å². The van der Waals surface area contributed by atoms with Crippen LogP contribution in [-0.2, 0) is 9.53 Å². The van der Waals surface area contributed by atoms with E-state index in [4.69, 9.17) is 0 Å². The Hall–Kier alpha value is -1.61. The lowest BCUT2D eigenvalue weighted by atomic mass is 10.3. The second kappa shape index (κ2) is 6.02. The maximum atomic E-state index is 11.3. The molecular weight excluding hydrogens is 280 g/mol. The van der Waals surface area contributed by atoms with Crippen LogP contribution in [0, 0.1) is 11.8 Å². The van der Waals surface area contributed by atoms with Crippen LogP contribution in [-0.4, -0.2) is 18.2 Å². The minimum atomic E-state index is -1.21. The molecule has 0 saturated heterocycles. The number of hydrogen-bond donors (Lipinski definition) is 1. The predicted molar refractivity (Wildman–Crippen MR) is 77.2 cm³/mol. The van der Waals surface area contributed by atoms with Crippen LogP contribution < -0.4 is 0 Å². The molecule has 5 heteroatoms. The highest BCUT2D eigenvalue weighted by atomic mass is 32.1. The summed E-state index contributed by atoms with van der Waals surface area (Å²) in [7, 11) is 1.26. The van der Waals surface area contributed by atoms with E-state index in [2.05, 4.69) is 16.6 Å². The zero-order valence-electron chi connectivity index (χ0n) is 10.5. The van der Waals surface area contributed by atoms with Gasteiger partial charge in [-0.1, -0.05) is 5.92 Å². The molecule has 3 nitrogen and oxygen atoms in total. The Morgan fingerprint density at radius 2 is 1.95 bits per heavy atom. The van der Waals surface area contributed by atoms with Crippen LogP contribution in [0.3, 0.4) is 0 Å². The summed E-state index contributed by atoms with van der Waals surface area (Å²) in [5.41, 5.74) is 0. The van der Waals surface area contributed by atoms with E-state index in [1.807, 2.05) is 18.2 Å². The van der Waals surface area contributed by atoms with E-state index in [0.29, 0.717) is 4.88 Å². The monoisotopic (exact) mass is 292 g/mol. The van der Waals surface area contributed by atoms with Gasteiger partial charge in [0.2, 0.25) is 0 Å². The van der Waals surface area contributed by atoms with Gasteiger partial charge < -0.3 is 9.84 Å². The topological polar surface area (TPSA) is 46.5 Å². The lowest BCUT2D eigenvalue weighted by Gasteiger charge is -2.04. The first-order valence-corrected chi connectivity index (χ1v) is 7.17. The Morgan fingerprint density at radius 3 is 2.63 bits per heavy atom. The summed E-state index contributed by atoms with van der Waals surface area (Å²) in [5.74, 6) is 5.22. The van der Waals surface area contributed by atoms with Gasteiger partial charge in [0.25, 0.3) is 0 Å². The number of carbonyl (C=O) groups is 1. The van der Waals surface area contributed by atoms with Crippen LogP contribution in [0.5, 0.6) is 0 Å². The molecule has 0 amide bonds. The highest BCUT2D eigenvalue weighted by molar-refractivity contribution is 7.22. The van der Waals surface area contributed by atoms with Crippen molar-refractivity contribution in [3.05, 3.63) is 34.0 Å². The number of ether oxygens (including phenoxy) is 1. The number of aliphatic hydroxyl groups excluding tert-OH is 1. The summed E-state index contributed by atoms with van der Waals surface area (Å²) in [4.78, 5) is 14.9. The standard InChI is InChI=1S/C14H12O3S2/c1-3-4-9-5-6-10(18-9)11-7-8-12(19-11)13(15)14(16)17-2/h5-8,13,15H,1-2H3/t13-/m1/s1. The van der Waals surface area contributed by atoms with Gasteiger partial charge in [0.05, 0.1) is 12.0 Å². The van der Waals surface area contributed by atoms with Gasteiger partial charge in [-0.15, -0.1) is 28.6 Å². The van der Waals surface area contributed by atoms with Crippen molar-refractivity contribution < 1.29 is 14.6 Å². The Kier molecular flexibility index (Phi) is 4.38. The fourth-order valence-electron chi connectivity index (χ4n) is 1.52. The van der Waals surface area contributed by atoms with E-state index in [1.54, 1.807) is 24.3 Å². The summed E-state index contributed by atoms with van der Waals surface area (Å²) in [6.45, 7) is 1.80. The van der Waals surface area contributed by atoms with Crippen LogP contribution in [0.25, 0.3) is 9.75 Å². The van der Waals surface area contributed by atoms with Gasteiger partial charge in [-0.2, -0.15) is 0 Å². The van der Waals surface area contributed by atoms with E-state index >= 15 is 0 Å². The van der Waals surface area contributed by atoms with E-state index in [9.17, 15) is 9.90 Å². The second-order valence-electron chi connectivity index (χ2n) is 3.67. The molecule has 1 atom stereocenters. The molecule has 0 aliphatic heterocycles. The van der Waals surface area contributed by atoms with Crippen molar-refractivity contribution in [2.45, 2.75) is 13.0 Å². The summed E-state index contributed by atoms with van der Waals surface area (Å²) in [6, 6.07) is 7.59. The lowest BCUT2D eigenvalue weighted by Crippen LogP contribution is -2.11. The Bertz CT molecular complexity index is 643. The quantitative estimate of drug-likeness (QED) is 0.698. The molecule has 0 radical (unpaired) electrons. The largest absolute Gasteiger partial charge is 0.467 e. The molecule has 0 aliphatic carbocycles. The second-order valence-corrected chi connectivity index (χ2v) is 5.87. The van der Waals surface area contributed by atoms with E-state index in [0.717, 1.165) is 14.6 Å². The number of rotatable bonds is 3. The number of thiophene rings is 2. The Balaban J connectivity index is 2.24. The molecule has 0 spiro atoms. The molecule has 2 aromatic rings. The Morgan fingerprint density at radius 1 is 1.26 bits per heavy atom. The molecule has 2 heterocycles. The molecule has 0 aliphatic rings. The minimum absolute atomic E-state index is 0.582. The minimum Gasteiger partial charge on any atom is -0.467 e.